The fourth-order valence-corrected chi connectivity index (χ4v) is 4.85. The van der Waals surface area contributed by atoms with Gasteiger partial charge in [-0.2, -0.15) is 10.5 Å². The van der Waals surface area contributed by atoms with Gasteiger partial charge in [-0.15, -0.1) is 0 Å². The number of aromatic hydroxyl groups is 2. The molecule has 148 valence electrons. The van der Waals surface area contributed by atoms with Crippen LogP contribution in [0.5, 0.6) is 11.5 Å². The molecule has 6 aromatic carbocycles. The maximum atomic E-state index is 10.0. The van der Waals surface area contributed by atoms with Gasteiger partial charge in [-0.1, -0.05) is 36.4 Å². The van der Waals surface area contributed by atoms with Gasteiger partial charge in [0.05, 0.1) is 11.1 Å². The third kappa shape index (κ3) is 2.35. The molecule has 0 fully saturated rings. The minimum absolute atomic E-state index is 0.196. The van der Waals surface area contributed by atoms with E-state index in [0.717, 1.165) is 53.9 Å². The number of fused-ring (bicyclic) bond motifs is 10. The second-order valence-electron chi connectivity index (χ2n) is 7.95. The Balaban J connectivity index is 2.01. The zero-order valence-electron chi connectivity index (χ0n) is 16.7. The van der Waals surface area contributed by atoms with E-state index < -0.39 is 0 Å². The van der Waals surface area contributed by atoms with Gasteiger partial charge in [0.25, 0.3) is 0 Å². The molecule has 0 atom stereocenters. The maximum Gasteiger partial charge on any atom is 0.116 e. The van der Waals surface area contributed by atoms with Crippen molar-refractivity contribution < 1.29 is 10.2 Å². The van der Waals surface area contributed by atoms with Gasteiger partial charge in [-0.25, -0.2) is 0 Å². The molecule has 0 aromatic heterocycles. The number of benzene rings is 6. The van der Waals surface area contributed by atoms with E-state index in [4.69, 9.17) is 0 Å². The predicted molar refractivity (Wildman–Crippen MR) is 127 cm³/mol. The van der Waals surface area contributed by atoms with E-state index in [-0.39, 0.29) is 11.5 Å². The number of nitrogens with zero attached hydrogens (tertiary/aromatic N) is 2. The molecule has 32 heavy (non-hydrogen) atoms. The van der Waals surface area contributed by atoms with Crippen molar-refractivity contribution in [1.29, 1.82) is 10.5 Å². The number of phenolic OH excluding ortho intramolecular Hbond substituents is 2. The molecule has 6 aromatic rings. The Kier molecular flexibility index (Phi) is 3.57. The fourth-order valence-electron chi connectivity index (χ4n) is 4.85. The van der Waals surface area contributed by atoms with Crippen LogP contribution in [0.1, 0.15) is 11.1 Å². The Labute approximate surface area is 182 Å². The summed E-state index contributed by atoms with van der Waals surface area (Å²) in [7, 11) is 0. The molecule has 4 nitrogen and oxygen atoms in total. The first kappa shape index (κ1) is 18.0. The van der Waals surface area contributed by atoms with E-state index in [2.05, 4.69) is 12.1 Å². The van der Waals surface area contributed by atoms with Crippen molar-refractivity contribution in [2.75, 3.05) is 0 Å². The van der Waals surface area contributed by atoms with Crippen LogP contribution in [-0.4, -0.2) is 10.2 Å². The molecule has 0 spiro atoms. The molecule has 0 bridgehead atoms. The second kappa shape index (κ2) is 6.35. The number of phenols is 2. The van der Waals surface area contributed by atoms with Crippen LogP contribution in [0, 0.1) is 22.7 Å². The lowest BCUT2D eigenvalue weighted by Crippen LogP contribution is -1.90. The van der Waals surface area contributed by atoms with E-state index in [1.54, 1.807) is 36.4 Å². The van der Waals surface area contributed by atoms with E-state index >= 15 is 0 Å². The first-order chi connectivity index (χ1) is 15.6. The van der Waals surface area contributed by atoms with Gasteiger partial charge in [0.1, 0.15) is 23.6 Å². The summed E-state index contributed by atoms with van der Waals surface area (Å²) in [5.41, 5.74) is 0.689. The summed E-state index contributed by atoms with van der Waals surface area (Å²) in [6, 6.07) is 26.5. The number of hydrogen-bond donors (Lipinski definition) is 2. The average Bonchev–Trinajstić information content (AvgIpc) is 2.81. The molecule has 4 heteroatoms. The highest BCUT2D eigenvalue weighted by molar-refractivity contribution is 6.36. The smallest absolute Gasteiger partial charge is 0.116 e. The number of nitriles is 2. The molecule has 0 heterocycles. The Bertz CT molecular complexity index is 1730. The first-order valence-electron chi connectivity index (χ1n) is 10.1. The van der Waals surface area contributed by atoms with Gasteiger partial charge in [0.2, 0.25) is 0 Å². The van der Waals surface area contributed by atoms with Crippen molar-refractivity contribution in [3.63, 3.8) is 0 Å². The van der Waals surface area contributed by atoms with Gasteiger partial charge >= 0.3 is 0 Å². The summed E-state index contributed by atoms with van der Waals surface area (Å²) in [5.74, 6) is 0.393. The first-order valence-corrected chi connectivity index (χ1v) is 10.1. The molecule has 0 radical (unpaired) electrons. The van der Waals surface area contributed by atoms with E-state index in [0.29, 0.717) is 11.1 Å². The quantitative estimate of drug-likeness (QED) is 0.276. The SMILES string of the molecule is N#Cc1cc2c(cc1C#N)c1ccc3cc(O)ccc3c1c1c3ccc(O)cc3ccc21. The van der Waals surface area contributed by atoms with Crippen molar-refractivity contribution in [1.82, 2.24) is 0 Å². The highest BCUT2D eigenvalue weighted by atomic mass is 16.3. The van der Waals surface area contributed by atoms with Gasteiger partial charge < -0.3 is 10.2 Å². The van der Waals surface area contributed by atoms with Crippen LogP contribution in [-0.2, 0) is 0 Å². The summed E-state index contributed by atoms with van der Waals surface area (Å²) in [4.78, 5) is 0. The van der Waals surface area contributed by atoms with Crippen molar-refractivity contribution in [3.8, 4) is 23.6 Å². The molecule has 0 saturated heterocycles. The monoisotopic (exact) mass is 410 g/mol. The van der Waals surface area contributed by atoms with Crippen LogP contribution >= 0.6 is 0 Å². The standard InChI is InChI=1S/C28H14N2O2/c29-13-17-11-25-23-5-1-15-9-19(31)3-7-21(15)27(23)28-22-8-4-20(32)10-16(22)2-6-24(28)26(25)12-18(17)14-30/h1-12,31-32H. The zero-order chi connectivity index (χ0) is 22.0. The molecule has 0 saturated carbocycles. The molecular formula is C28H14N2O2. The molecular weight excluding hydrogens is 396 g/mol. The van der Waals surface area contributed by atoms with E-state index in [9.17, 15) is 20.7 Å². The highest BCUT2D eigenvalue weighted by Gasteiger charge is 2.16. The Morgan fingerprint density at radius 2 is 0.875 bits per heavy atom. The lowest BCUT2D eigenvalue weighted by molar-refractivity contribution is 0.475. The Morgan fingerprint density at radius 3 is 1.28 bits per heavy atom. The molecule has 0 aliphatic rings. The van der Waals surface area contributed by atoms with Gasteiger partial charge in [0.15, 0.2) is 0 Å². The Hall–Kier alpha value is -4.80. The fraction of sp³-hybridized carbons (Fsp3) is 0. The summed E-state index contributed by atoms with van der Waals surface area (Å²) in [6.45, 7) is 0. The van der Waals surface area contributed by atoms with Crippen molar-refractivity contribution in [2.45, 2.75) is 0 Å². The van der Waals surface area contributed by atoms with Gasteiger partial charge in [0, 0.05) is 0 Å². The van der Waals surface area contributed by atoms with Crippen LogP contribution < -0.4 is 0 Å². The van der Waals surface area contributed by atoms with E-state index in [1.807, 2.05) is 36.4 Å². The molecule has 6 rings (SSSR count). The lowest BCUT2D eigenvalue weighted by Gasteiger charge is -2.16. The maximum absolute atomic E-state index is 10.0. The summed E-state index contributed by atoms with van der Waals surface area (Å²) in [5, 5.41) is 48.8. The third-order valence-electron chi connectivity index (χ3n) is 6.24. The van der Waals surface area contributed by atoms with Crippen LogP contribution in [0.15, 0.2) is 72.8 Å². The average molecular weight is 410 g/mol. The minimum atomic E-state index is 0.196. The molecule has 0 aliphatic carbocycles. The molecule has 0 unspecified atom stereocenters. The summed E-state index contributed by atoms with van der Waals surface area (Å²) in [6.07, 6.45) is 0. The van der Waals surface area contributed by atoms with Crippen LogP contribution in [0.3, 0.4) is 0 Å². The van der Waals surface area contributed by atoms with Gasteiger partial charge in [-0.3, -0.25) is 0 Å². The second-order valence-corrected chi connectivity index (χ2v) is 7.95. The predicted octanol–water partition coefficient (Wildman–Crippen LogP) is 6.61. The zero-order valence-corrected chi connectivity index (χ0v) is 16.7. The van der Waals surface area contributed by atoms with Crippen molar-refractivity contribution in [2.24, 2.45) is 0 Å². The molecule has 0 aliphatic heterocycles. The van der Waals surface area contributed by atoms with Crippen LogP contribution in [0.2, 0.25) is 0 Å². The van der Waals surface area contributed by atoms with Crippen LogP contribution in [0.25, 0.3) is 53.9 Å². The highest BCUT2D eigenvalue weighted by Crippen LogP contribution is 2.43. The summed E-state index contributed by atoms with van der Waals surface area (Å²) < 4.78 is 0. The van der Waals surface area contributed by atoms with E-state index in [1.165, 1.54) is 0 Å². The third-order valence-corrected chi connectivity index (χ3v) is 6.24. The topological polar surface area (TPSA) is 88.0 Å². The normalized spacial score (nSPS) is 11.3. The summed E-state index contributed by atoms with van der Waals surface area (Å²) >= 11 is 0. The molecule has 2 N–H and O–H groups in total. The van der Waals surface area contributed by atoms with Crippen molar-refractivity contribution >= 4 is 53.9 Å². The van der Waals surface area contributed by atoms with Crippen LogP contribution in [0.4, 0.5) is 0 Å². The molecule has 0 amide bonds. The lowest BCUT2D eigenvalue weighted by atomic mass is 9.87. The Morgan fingerprint density at radius 1 is 0.469 bits per heavy atom. The number of rotatable bonds is 0. The minimum Gasteiger partial charge on any atom is -0.508 e. The largest absolute Gasteiger partial charge is 0.508 e. The number of hydrogen-bond acceptors (Lipinski definition) is 4. The van der Waals surface area contributed by atoms with Gasteiger partial charge in [-0.05, 0) is 90.3 Å². The van der Waals surface area contributed by atoms with Crippen molar-refractivity contribution in [3.05, 3.63) is 83.9 Å².